The highest BCUT2D eigenvalue weighted by molar-refractivity contribution is 7.10. The van der Waals surface area contributed by atoms with Crippen molar-refractivity contribution in [3.05, 3.63) is 51.2 Å². The Kier molecular flexibility index (Phi) is 3.10. The van der Waals surface area contributed by atoms with Crippen molar-refractivity contribution in [3.8, 4) is 0 Å². The van der Waals surface area contributed by atoms with Crippen LogP contribution in [-0.2, 0) is 26.1 Å². The maximum absolute atomic E-state index is 5.84. The van der Waals surface area contributed by atoms with Crippen molar-refractivity contribution in [1.29, 1.82) is 0 Å². The molecule has 18 heavy (non-hydrogen) atoms. The Bertz CT molecular complexity index is 559. The summed E-state index contributed by atoms with van der Waals surface area (Å²) in [6.45, 7) is 5.37. The van der Waals surface area contributed by atoms with Crippen LogP contribution >= 0.6 is 11.3 Å². The number of thiophene rings is 1. The van der Waals surface area contributed by atoms with Gasteiger partial charge in [-0.15, -0.1) is 11.3 Å². The molecule has 2 aromatic rings. The summed E-state index contributed by atoms with van der Waals surface area (Å²) in [5.74, 6) is 0. The maximum Gasteiger partial charge on any atom is 0.0337 e. The SMILES string of the molecule is CCc1ccsc1CN1Cc2ccc(N)cc2C1. The molecule has 0 saturated carbocycles. The third-order valence-corrected chi connectivity index (χ3v) is 4.55. The van der Waals surface area contributed by atoms with E-state index in [1.54, 1.807) is 0 Å². The second-order valence-corrected chi connectivity index (χ2v) is 5.90. The van der Waals surface area contributed by atoms with Crippen molar-refractivity contribution in [3.63, 3.8) is 0 Å². The van der Waals surface area contributed by atoms with Gasteiger partial charge in [0, 0.05) is 30.2 Å². The highest BCUT2D eigenvalue weighted by Crippen LogP contribution is 2.28. The van der Waals surface area contributed by atoms with Crippen molar-refractivity contribution < 1.29 is 0 Å². The van der Waals surface area contributed by atoms with Gasteiger partial charge in [-0.25, -0.2) is 0 Å². The fourth-order valence-corrected chi connectivity index (χ4v) is 3.64. The van der Waals surface area contributed by atoms with E-state index in [9.17, 15) is 0 Å². The molecule has 0 atom stereocenters. The summed E-state index contributed by atoms with van der Waals surface area (Å²) in [4.78, 5) is 4.01. The van der Waals surface area contributed by atoms with Gasteiger partial charge in [-0.2, -0.15) is 0 Å². The molecule has 0 bridgehead atoms. The van der Waals surface area contributed by atoms with Crippen molar-refractivity contribution in [2.45, 2.75) is 33.0 Å². The van der Waals surface area contributed by atoms with Gasteiger partial charge in [0.25, 0.3) is 0 Å². The predicted molar refractivity (Wildman–Crippen MR) is 77.5 cm³/mol. The molecule has 1 aromatic heterocycles. The first-order valence-corrected chi connectivity index (χ1v) is 7.29. The normalized spacial score (nSPS) is 14.9. The molecule has 0 spiro atoms. The van der Waals surface area contributed by atoms with Crippen LogP contribution in [-0.4, -0.2) is 4.90 Å². The minimum Gasteiger partial charge on any atom is -0.399 e. The van der Waals surface area contributed by atoms with E-state index in [4.69, 9.17) is 5.73 Å². The van der Waals surface area contributed by atoms with Gasteiger partial charge in [-0.05, 0) is 46.7 Å². The summed E-state index contributed by atoms with van der Waals surface area (Å²) in [7, 11) is 0. The molecule has 2 nitrogen and oxygen atoms in total. The number of rotatable bonds is 3. The number of hydrogen-bond acceptors (Lipinski definition) is 3. The van der Waals surface area contributed by atoms with Gasteiger partial charge in [-0.3, -0.25) is 4.90 Å². The van der Waals surface area contributed by atoms with E-state index in [0.717, 1.165) is 31.7 Å². The molecule has 0 saturated heterocycles. The highest BCUT2D eigenvalue weighted by atomic mass is 32.1. The van der Waals surface area contributed by atoms with Crippen LogP contribution in [0.4, 0.5) is 5.69 Å². The summed E-state index contributed by atoms with van der Waals surface area (Å²) in [6, 6.07) is 8.54. The third-order valence-electron chi connectivity index (χ3n) is 3.60. The minimum atomic E-state index is 0.876. The molecule has 1 aliphatic rings. The zero-order valence-electron chi connectivity index (χ0n) is 10.6. The number of benzene rings is 1. The van der Waals surface area contributed by atoms with E-state index in [0.29, 0.717) is 0 Å². The Morgan fingerprint density at radius 1 is 1.22 bits per heavy atom. The van der Waals surface area contributed by atoms with Crippen molar-refractivity contribution in [2.75, 3.05) is 5.73 Å². The smallest absolute Gasteiger partial charge is 0.0337 e. The number of fused-ring (bicyclic) bond motifs is 1. The molecule has 3 heteroatoms. The largest absolute Gasteiger partial charge is 0.399 e. The standard InChI is InChI=1S/C15H18N2S/c1-2-11-5-6-18-15(11)10-17-8-12-3-4-14(16)7-13(12)9-17/h3-7H,2,8-10,16H2,1H3. The third kappa shape index (κ3) is 2.16. The van der Waals surface area contributed by atoms with Crippen LogP contribution < -0.4 is 5.73 Å². The van der Waals surface area contributed by atoms with E-state index < -0.39 is 0 Å². The van der Waals surface area contributed by atoms with Gasteiger partial charge >= 0.3 is 0 Å². The zero-order valence-corrected chi connectivity index (χ0v) is 11.5. The fourth-order valence-electron chi connectivity index (χ4n) is 2.62. The van der Waals surface area contributed by atoms with Gasteiger partial charge in [0.2, 0.25) is 0 Å². The van der Waals surface area contributed by atoms with Crippen LogP contribution in [0, 0.1) is 0 Å². The molecule has 94 valence electrons. The molecule has 2 heterocycles. The highest BCUT2D eigenvalue weighted by Gasteiger charge is 2.19. The quantitative estimate of drug-likeness (QED) is 0.855. The van der Waals surface area contributed by atoms with Gasteiger partial charge < -0.3 is 5.73 Å². The van der Waals surface area contributed by atoms with E-state index in [1.807, 2.05) is 17.4 Å². The molecule has 0 amide bonds. The van der Waals surface area contributed by atoms with E-state index in [2.05, 4.69) is 35.4 Å². The number of anilines is 1. The molecule has 1 aliphatic heterocycles. The average molecular weight is 258 g/mol. The lowest BCUT2D eigenvalue weighted by molar-refractivity contribution is 0.277. The summed E-state index contributed by atoms with van der Waals surface area (Å²) in [5.41, 5.74) is 11.0. The molecule has 0 radical (unpaired) electrons. The second kappa shape index (κ2) is 4.75. The maximum atomic E-state index is 5.84. The number of aryl methyl sites for hydroxylation is 1. The molecule has 3 rings (SSSR count). The first-order valence-electron chi connectivity index (χ1n) is 6.41. The molecule has 2 N–H and O–H groups in total. The van der Waals surface area contributed by atoms with Crippen LogP contribution in [0.1, 0.15) is 28.5 Å². The second-order valence-electron chi connectivity index (χ2n) is 4.90. The Hall–Kier alpha value is -1.32. The van der Waals surface area contributed by atoms with Gasteiger partial charge in [0.1, 0.15) is 0 Å². The van der Waals surface area contributed by atoms with E-state index in [-0.39, 0.29) is 0 Å². The van der Waals surface area contributed by atoms with Crippen molar-refractivity contribution in [1.82, 2.24) is 4.90 Å². The van der Waals surface area contributed by atoms with Crippen LogP contribution in [0.15, 0.2) is 29.6 Å². The lowest BCUT2D eigenvalue weighted by atomic mass is 10.1. The summed E-state index contributed by atoms with van der Waals surface area (Å²) in [6.07, 6.45) is 1.13. The van der Waals surface area contributed by atoms with Gasteiger partial charge in [0.05, 0.1) is 0 Å². The molecular weight excluding hydrogens is 240 g/mol. The topological polar surface area (TPSA) is 29.3 Å². The number of nitrogen functional groups attached to an aromatic ring is 1. The summed E-state index contributed by atoms with van der Waals surface area (Å²) < 4.78 is 0. The Balaban J connectivity index is 1.75. The number of hydrogen-bond donors (Lipinski definition) is 1. The molecule has 0 aliphatic carbocycles. The monoisotopic (exact) mass is 258 g/mol. The molecule has 1 aromatic carbocycles. The number of nitrogens with two attached hydrogens (primary N) is 1. The van der Waals surface area contributed by atoms with Gasteiger partial charge in [0.15, 0.2) is 0 Å². The first kappa shape index (κ1) is 11.8. The van der Waals surface area contributed by atoms with Crippen LogP contribution in [0.5, 0.6) is 0 Å². The van der Waals surface area contributed by atoms with Crippen molar-refractivity contribution >= 4 is 17.0 Å². The number of nitrogens with zero attached hydrogens (tertiary/aromatic N) is 1. The van der Waals surface area contributed by atoms with Crippen LogP contribution in [0.3, 0.4) is 0 Å². The van der Waals surface area contributed by atoms with Gasteiger partial charge in [-0.1, -0.05) is 13.0 Å². The molecular formula is C15H18N2S. The molecule has 0 unspecified atom stereocenters. The predicted octanol–water partition coefficient (Wildman–Crippen LogP) is 3.41. The van der Waals surface area contributed by atoms with Crippen LogP contribution in [0.2, 0.25) is 0 Å². The van der Waals surface area contributed by atoms with E-state index in [1.165, 1.54) is 21.6 Å². The lowest BCUT2D eigenvalue weighted by Crippen LogP contribution is -2.15. The fraction of sp³-hybridized carbons (Fsp3) is 0.333. The molecule has 0 fully saturated rings. The Morgan fingerprint density at radius 3 is 2.89 bits per heavy atom. The first-order chi connectivity index (χ1) is 8.76. The zero-order chi connectivity index (χ0) is 12.5. The lowest BCUT2D eigenvalue weighted by Gasteiger charge is -2.14. The van der Waals surface area contributed by atoms with Crippen molar-refractivity contribution in [2.24, 2.45) is 0 Å². The minimum absolute atomic E-state index is 0.876. The summed E-state index contributed by atoms with van der Waals surface area (Å²) >= 11 is 1.88. The average Bonchev–Trinajstić information content (AvgIpc) is 2.94. The Labute approximate surface area is 112 Å². The van der Waals surface area contributed by atoms with E-state index >= 15 is 0 Å². The Morgan fingerprint density at radius 2 is 2.06 bits per heavy atom. The van der Waals surface area contributed by atoms with Crippen LogP contribution in [0.25, 0.3) is 0 Å². The summed E-state index contributed by atoms with van der Waals surface area (Å²) in [5, 5.41) is 2.20.